The monoisotopic (exact) mass is 272 g/mol. The SMILES string of the molecule is Cc1ccc(Cc2nc(C)c(CNC3CC3)s2)cc1. The predicted octanol–water partition coefficient (Wildman–Crippen LogP) is 3.60. The zero-order chi connectivity index (χ0) is 13.2. The van der Waals surface area contributed by atoms with Crippen LogP contribution in [0.1, 0.15) is 39.5 Å². The molecule has 1 aromatic carbocycles. The van der Waals surface area contributed by atoms with Crippen molar-refractivity contribution in [1.29, 1.82) is 0 Å². The summed E-state index contributed by atoms with van der Waals surface area (Å²) >= 11 is 1.85. The first-order valence-corrected chi connectivity index (χ1v) is 7.76. The van der Waals surface area contributed by atoms with E-state index in [1.165, 1.54) is 39.5 Å². The number of nitrogens with one attached hydrogen (secondary N) is 1. The third-order valence-electron chi connectivity index (χ3n) is 3.54. The van der Waals surface area contributed by atoms with Gasteiger partial charge >= 0.3 is 0 Å². The molecule has 1 aliphatic rings. The summed E-state index contributed by atoms with van der Waals surface area (Å²) in [6.07, 6.45) is 3.64. The summed E-state index contributed by atoms with van der Waals surface area (Å²) in [4.78, 5) is 6.10. The van der Waals surface area contributed by atoms with Crippen LogP contribution >= 0.6 is 11.3 Å². The summed E-state index contributed by atoms with van der Waals surface area (Å²) in [5, 5.41) is 4.80. The van der Waals surface area contributed by atoms with E-state index in [4.69, 9.17) is 4.98 Å². The van der Waals surface area contributed by atoms with Crippen LogP contribution in [-0.4, -0.2) is 11.0 Å². The number of hydrogen-bond donors (Lipinski definition) is 1. The van der Waals surface area contributed by atoms with Crippen molar-refractivity contribution in [2.45, 2.75) is 45.7 Å². The molecular weight excluding hydrogens is 252 g/mol. The van der Waals surface area contributed by atoms with Gasteiger partial charge in [-0.15, -0.1) is 11.3 Å². The molecule has 100 valence electrons. The standard InChI is InChI=1S/C16H20N2S/c1-11-3-5-13(6-4-11)9-16-18-12(2)15(19-16)10-17-14-7-8-14/h3-6,14,17H,7-10H2,1-2H3. The van der Waals surface area contributed by atoms with Crippen molar-refractivity contribution >= 4 is 11.3 Å². The molecule has 3 heteroatoms. The highest BCUT2D eigenvalue weighted by Gasteiger charge is 2.21. The Kier molecular flexibility index (Phi) is 3.67. The normalized spacial score (nSPS) is 14.8. The minimum atomic E-state index is 0.766. The Balaban J connectivity index is 1.66. The molecule has 0 bridgehead atoms. The highest BCUT2D eigenvalue weighted by Crippen LogP contribution is 2.24. The van der Waals surface area contributed by atoms with E-state index in [9.17, 15) is 0 Å². The maximum Gasteiger partial charge on any atom is 0.0975 e. The van der Waals surface area contributed by atoms with E-state index in [1.807, 2.05) is 11.3 Å². The van der Waals surface area contributed by atoms with Crippen molar-refractivity contribution in [3.8, 4) is 0 Å². The van der Waals surface area contributed by atoms with E-state index < -0.39 is 0 Å². The summed E-state index contributed by atoms with van der Waals surface area (Å²) in [6.45, 7) is 5.24. The zero-order valence-electron chi connectivity index (χ0n) is 11.6. The van der Waals surface area contributed by atoms with E-state index in [0.717, 1.165) is 19.0 Å². The van der Waals surface area contributed by atoms with Crippen LogP contribution in [0.2, 0.25) is 0 Å². The summed E-state index contributed by atoms with van der Waals surface area (Å²) in [7, 11) is 0. The van der Waals surface area contributed by atoms with Crippen LogP contribution in [0.5, 0.6) is 0 Å². The summed E-state index contributed by atoms with van der Waals surface area (Å²) < 4.78 is 0. The van der Waals surface area contributed by atoms with Gasteiger partial charge in [0, 0.05) is 23.9 Å². The molecule has 0 spiro atoms. The molecule has 1 heterocycles. The van der Waals surface area contributed by atoms with Crippen LogP contribution < -0.4 is 5.32 Å². The van der Waals surface area contributed by atoms with Gasteiger partial charge in [-0.05, 0) is 32.3 Å². The van der Waals surface area contributed by atoms with Gasteiger partial charge < -0.3 is 5.32 Å². The fourth-order valence-corrected chi connectivity index (χ4v) is 3.19. The first-order valence-electron chi connectivity index (χ1n) is 6.95. The quantitative estimate of drug-likeness (QED) is 0.899. The molecule has 2 nitrogen and oxygen atoms in total. The number of thiazole rings is 1. The van der Waals surface area contributed by atoms with Gasteiger partial charge in [-0.2, -0.15) is 0 Å². The molecule has 1 aliphatic carbocycles. The summed E-state index contributed by atoms with van der Waals surface area (Å²) in [5.74, 6) is 0. The van der Waals surface area contributed by atoms with Gasteiger partial charge in [0.25, 0.3) is 0 Å². The molecule has 3 rings (SSSR count). The fraction of sp³-hybridized carbons (Fsp3) is 0.438. The van der Waals surface area contributed by atoms with Gasteiger partial charge in [0.1, 0.15) is 0 Å². The smallest absolute Gasteiger partial charge is 0.0975 e. The van der Waals surface area contributed by atoms with E-state index in [2.05, 4.69) is 43.4 Å². The molecule has 0 unspecified atom stereocenters. The lowest BCUT2D eigenvalue weighted by molar-refractivity contribution is 0.691. The number of nitrogens with zero attached hydrogens (tertiary/aromatic N) is 1. The van der Waals surface area contributed by atoms with Gasteiger partial charge in [0.05, 0.1) is 10.7 Å². The van der Waals surface area contributed by atoms with E-state index in [0.29, 0.717) is 0 Å². The minimum absolute atomic E-state index is 0.766. The van der Waals surface area contributed by atoms with Crippen LogP contribution in [0.3, 0.4) is 0 Å². The lowest BCUT2D eigenvalue weighted by Crippen LogP contribution is -2.14. The first-order chi connectivity index (χ1) is 9.20. The Morgan fingerprint density at radius 2 is 1.95 bits per heavy atom. The van der Waals surface area contributed by atoms with Crippen molar-refractivity contribution in [2.24, 2.45) is 0 Å². The molecular formula is C16H20N2S. The molecule has 1 aromatic heterocycles. The predicted molar refractivity (Wildman–Crippen MR) is 80.7 cm³/mol. The maximum atomic E-state index is 4.71. The van der Waals surface area contributed by atoms with Gasteiger partial charge in [0.2, 0.25) is 0 Å². The van der Waals surface area contributed by atoms with Crippen LogP contribution in [-0.2, 0) is 13.0 Å². The second kappa shape index (κ2) is 5.43. The Morgan fingerprint density at radius 3 is 2.63 bits per heavy atom. The van der Waals surface area contributed by atoms with Crippen molar-refractivity contribution in [2.75, 3.05) is 0 Å². The molecule has 0 amide bonds. The van der Waals surface area contributed by atoms with Gasteiger partial charge in [-0.3, -0.25) is 0 Å². The minimum Gasteiger partial charge on any atom is -0.309 e. The average molecular weight is 272 g/mol. The van der Waals surface area contributed by atoms with Crippen LogP contribution in [0.25, 0.3) is 0 Å². The van der Waals surface area contributed by atoms with Crippen LogP contribution in [0.15, 0.2) is 24.3 Å². The molecule has 0 saturated heterocycles. The van der Waals surface area contributed by atoms with E-state index in [-0.39, 0.29) is 0 Å². The first kappa shape index (κ1) is 12.8. The zero-order valence-corrected chi connectivity index (χ0v) is 12.4. The Bertz CT molecular complexity index is 553. The second-order valence-corrected chi connectivity index (χ2v) is 6.60. The number of aryl methyl sites for hydroxylation is 2. The number of benzene rings is 1. The Hall–Kier alpha value is -1.19. The average Bonchev–Trinajstić information content (AvgIpc) is 3.15. The molecule has 2 aromatic rings. The van der Waals surface area contributed by atoms with Gasteiger partial charge in [-0.25, -0.2) is 4.98 Å². The van der Waals surface area contributed by atoms with Crippen molar-refractivity contribution in [3.63, 3.8) is 0 Å². The van der Waals surface area contributed by atoms with Gasteiger partial charge in [-0.1, -0.05) is 29.8 Å². The van der Waals surface area contributed by atoms with Crippen molar-refractivity contribution < 1.29 is 0 Å². The number of aromatic nitrogens is 1. The molecule has 1 fully saturated rings. The lowest BCUT2D eigenvalue weighted by atomic mass is 10.1. The Labute approximate surface area is 118 Å². The van der Waals surface area contributed by atoms with E-state index in [1.54, 1.807) is 0 Å². The number of rotatable bonds is 5. The van der Waals surface area contributed by atoms with Crippen molar-refractivity contribution in [1.82, 2.24) is 10.3 Å². The Morgan fingerprint density at radius 1 is 1.21 bits per heavy atom. The van der Waals surface area contributed by atoms with Gasteiger partial charge in [0.15, 0.2) is 0 Å². The third-order valence-corrected chi connectivity index (χ3v) is 4.70. The summed E-state index contributed by atoms with van der Waals surface area (Å²) in [5.41, 5.74) is 3.86. The third kappa shape index (κ3) is 3.43. The fourth-order valence-electron chi connectivity index (χ4n) is 2.13. The highest BCUT2D eigenvalue weighted by molar-refractivity contribution is 7.11. The number of hydrogen-bond acceptors (Lipinski definition) is 3. The topological polar surface area (TPSA) is 24.9 Å². The molecule has 1 N–H and O–H groups in total. The van der Waals surface area contributed by atoms with Crippen LogP contribution in [0.4, 0.5) is 0 Å². The largest absolute Gasteiger partial charge is 0.309 e. The van der Waals surface area contributed by atoms with Crippen molar-refractivity contribution in [3.05, 3.63) is 51.0 Å². The van der Waals surface area contributed by atoms with Crippen LogP contribution in [0, 0.1) is 13.8 Å². The molecule has 19 heavy (non-hydrogen) atoms. The van der Waals surface area contributed by atoms with E-state index >= 15 is 0 Å². The maximum absolute atomic E-state index is 4.71. The lowest BCUT2D eigenvalue weighted by Gasteiger charge is -1.99. The summed E-state index contributed by atoms with van der Waals surface area (Å²) in [6, 6.07) is 9.51. The molecule has 0 aliphatic heterocycles. The molecule has 0 atom stereocenters. The second-order valence-electron chi connectivity index (χ2n) is 5.43. The molecule has 1 saturated carbocycles. The molecule has 0 radical (unpaired) electrons. The highest BCUT2D eigenvalue weighted by atomic mass is 32.1.